The number of alkyl halides is 3. The molecule has 0 spiro atoms. The van der Waals surface area contributed by atoms with E-state index in [4.69, 9.17) is 16.3 Å². The fourth-order valence-electron chi connectivity index (χ4n) is 1.58. The Hall–Kier alpha value is -1.40. The van der Waals surface area contributed by atoms with E-state index >= 15 is 0 Å². The van der Waals surface area contributed by atoms with Gasteiger partial charge in [0.1, 0.15) is 11.8 Å². The van der Waals surface area contributed by atoms with Crippen molar-refractivity contribution in [3.8, 4) is 0 Å². The van der Waals surface area contributed by atoms with Gasteiger partial charge in [0.15, 0.2) is 5.82 Å². The molecule has 0 atom stereocenters. The van der Waals surface area contributed by atoms with Crippen LogP contribution in [0.15, 0.2) is 18.2 Å². The third-order valence-electron chi connectivity index (χ3n) is 2.31. The number of hydrogen-bond donors (Lipinski definition) is 0. The van der Waals surface area contributed by atoms with E-state index in [-0.39, 0.29) is 28.5 Å². The van der Waals surface area contributed by atoms with Crippen LogP contribution in [0.1, 0.15) is 11.4 Å². The van der Waals surface area contributed by atoms with Crippen LogP contribution in [0.25, 0.3) is 10.9 Å². The minimum absolute atomic E-state index is 0.00184. The number of halogens is 4. The maximum atomic E-state index is 12.8. The summed E-state index contributed by atoms with van der Waals surface area (Å²) in [6.07, 6.45) is -4.48. The van der Waals surface area contributed by atoms with E-state index in [0.29, 0.717) is 0 Å². The summed E-state index contributed by atoms with van der Waals surface area (Å²) in [7, 11) is 1.40. The predicted molar refractivity (Wildman–Crippen MR) is 60.3 cm³/mol. The molecule has 96 valence electrons. The minimum atomic E-state index is -4.48. The summed E-state index contributed by atoms with van der Waals surface area (Å²) in [5, 5.41) is 0.157. The number of ether oxygens (including phenoxy) is 1. The van der Waals surface area contributed by atoms with Crippen LogP contribution in [0.3, 0.4) is 0 Å². The van der Waals surface area contributed by atoms with Gasteiger partial charge in [-0.2, -0.15) is 13.2 Å². The van der Waals surface area contributed by atoms with Crippen LogP contribution in [0, 0.1) is 0 Å². The Morgan fingerprint density at radius 3 is 2.61 bits per heavy atom. The molecule has 0 amide bonds. The second-order valence-electron chi connectivity index (χ2n) is 3.56. The highest BCUT2D eigenvalue weighted by molar-refractivity contribution is 6.34. The molecule has 0 N–H and O–H groups in total. The van der Waals surface area contributed by atoms with Crippen molar-refractivity contribution >= 4 is 22.5 Å². The van der Waals surface area contributed by atoms with Gasteiger partial charge in [0, 0.05) is 12.5 Å². The molecule has 0 aliphatic carbocycles. The summed E-state index contributed by atoms with van der Waals surface area (Å²) in [6, 6.07) is 3.68. The molecule has 3 nitrogen and oxygen atoms in total. The number of aromatic nitrogens is 2. The van der Waals surface area contributed by atoms with Gasteiger partial charge < -0.3 is 4.74 Å². The molecular formula is C11H8ClF3N2O. The van der Waals surface area contributed by atoms with Crippen LogP contribution in [-0.4, -0.2) is 17.1 Å². The molecule has 0 aliphatic heterocycles. The standard InChI is InChI=1S/C11H8ClF3N2O/c1-18-5-8-16-9-6(10(12)17-8)3-2-4-7(9)11(13,14)15/h2-4H,5H2,1H3. The third-order valence-corrected chi connectivity index (χ3v) is 2.59. The van der Waals surface area contributed by atoms with Gasteiger partial charge in [-0.25, -0.2) is 9.97 Å². The van der Waals surface area contributed by atoms with E-state index in [9.17, 15) is 13.2 Å². The number of para-hydroxylation sites is 1. The molecular weight excluding hydrogens is 269 g/mol. The van der Waals surface area contributed by atoms with Crippen molar-refractivity contribution in [2.75, 3.05) is 7.11 Å². The third kappa shape index (κ3) is 2.39. The van der Waals surface area contributed by atoms with Crippen LogP contribution >= 0.6 is 11.6 Å². The van der Waals surface area contributed by atoms with Crippen molar-refractivity contribution in [1.29, 1.82) is 0 Å². The quantitative estimate of drug-likeness (QED) is 0.788. The number of hydrogen-bond acceptors (Lipinski definition) is 3. The zero-order valence-electron chi connectivity index (χ0n) is 9.25. The summed E-state index contributed by atoms with van der Waals surface area (Å²) in [5.41, 5.74) is -1.04. The van der Waals surface area contributed by atoms with Crippen molar-refractivity contribution < 1.29 is 17.9 Å². The second kappa shape index (κ2) is 4.70. The summed E-state index contributed by atoms with van der Waals surface area (Å²) in [5.74, 6) is 0.117. The van der Waals surface area contributed by atoms with Crippen molar-refractivity contribution in [2.24, 2.45) is 0 Å². The van der Waals surface area contributed by atoms with Gasteiger partial charge in [-0.15, -0.1) is 0 Å². The Bertz CT molecular complexity index is 586. The fourth-order valence-corrected chi connectivity index (χ4v) is 1.83. The number of fused-ring (bicyclic) bond motifs is 1. The highest BCUT2D eigenvalue weighted by atomic mass is 35.5. The molecule has 0 saturated carbocycles. The molecule has 0 aliphatic rings. The first-order valence-corrected chi connectivity index (χ1v) is 5.32. The van der Waals surface area contributed by atoms with Gasteiger partial charge >= 0.3 is 6.18 Å². The number of methoxy groups -OCH3 is 1. The molecule has 0 fully saturated rings. The second-order valence-corrected chi connectivity index (χ2v) is 3.92. The number of rotatable bonds is 2. The fraction of sp³-hybridized carbons (Fsp3) is 0.273. The smallest absolute Gasteiger partial charge is 0.377 e. The van der Waals surface area contributed by atoms with Crippen LogP contribution in [0.2, 0.25) is 5.15 Å². The van der Waals surface area contributed by atoms with Gasteiger partial charge in [0.05, 0.1) is 11.1 Å². The highest BCUT2D eigenvalue weighted by Gasteiger charge is 2.33. The van der Waals surface area contributed by atoms with Crippen LogP contribution in [-0.2, 0) is 17.5 Å². The lowest BCUT2D eigenvalue weighted by Gasteiger charge is -2.11. The molecule has 0 unspecified atom stereocenters. The van der Waals surface area contributed by atoms with Crippen LogP contribution in [0.5, 0.6) is 0 Å². The van der Waals surface area contributed by atoms with Gasteiger partial charge in [-0.3, -0.25) is 0 Å². The van der Waals surface area contributed by atoms with Crippen molar-refractivity contribution in [2.45, 2.75) is 12.8 Å². The lowest BCUT2D eigenvalue weighted by atomic mass is 10.1. The van der Waals surface area contributed by atoms with Crippen molar-refractivity contribution in [3.05, 3.63) is 34.7 Å². The lowest BCUT2D eigenvalue weighted by Crippen LogP contribution is -2.08. The van der Waals surface area contributed by atoms with E-state index in [1.54, 1.807) is 0 Å². The Kier molecular flexibility index (Phi) is 3.41. The summed E-state index contributed by atoms with van der Waals surface area (Å²) in [4.78, 5) is 7.73. The van der Waals surface area contributed by atoms with Gasteiger partial charge in [-0.05, 0) is 12.1 Å². The van der Waals surface area contributed by atoms with Gasteiger partial charge in [-0.1, -0.05) is 17.7 Å². The minimum Gasteiger partial charge on any atom is -0.377 e. The average Bonchev–Trinajstić information content (AvgIpc) is 2.27. The van der Waals surface area contributed by atoms with E-state index in [1.807, 2.05) is 0 Å². The number of benzene rings is 1. The summed E-state index contributed by atoms with van der Waals surface area (Å²) < 4.78 is 43.3. The van der Waals surface area contributed by atoms with Crippen molar-refractivity contribution in [1.82, 2.24) is 9.97 Å². The van der Waals surface area contributed by atoms with E-state index < -0.39 is 11.7 Å². The number of nitrogens with zero attached hydrogens (tertiary/aromatic N) is 2. The van der Waals surface area contributed by atoms with Gasteiger partial charge in [0.2, 0.25) is 0 Å². The first kappa shape index (κ1) is 13.0. The summed E-state index contributed by atoms with van der Waals surface area (Å²) >= 11 is 5.85. The van der Waals surface area contributed by atoms with Crippen LogP contribution < -0.4 is 0 Å². The maximum Gasteiger partial charge on any atom is 0.418 e. The molecule has 18 heavy (non-hydrogen) atoms. The Morgan fingerprint density at radius 1 is 1.28 bits per heavy atom. The topological polar surface area (TPSA) is 35.0 Å². The molecule has 0 radical (unpaired) electrons. The Morgan fingerprint density at radius 2 is 2.00 bits per heavy atom. The zero-order valence-corrected chi connectivity index (χ0v) is 10.0. The predicted octanol–water partition coefficient (Wildman–Crippen LogP) is 3.45. The molecule has 2 rings (SSSR count). The maximum absolute atomic E-state index is 12.8. The van der Waals surface area contributed by atoms with E-state index in [1.165, 1.54) is 19.2 Å². The molecule has 0 saturated heterocycles. The average molecular weight is 277 g/mol. The van der Waals surface area contributed by atoms with E-state index in [0.717, 1.165) is 6.07 Å². The molecule has 7 heteroatoms. The van der Waals surface area contributed by atoms with Gasteiger partial charge in [0.25, 0.3) is 0 Å². The normalized spacial score (nSPS) is 12.1. The molecule has 0 bridgehead atoms. The van der Waals surface area contributed by atoms with Crippen LogP contribution in [0.4, 0.5) is 13.2 Å². The Balaban J connectivity index is 2.74. The SMILES string of the molecule is COCc1nc(Cl)c2cccc(C(F)(F)F)c2n1. The molecule has 1 heterocycles. The highest BCUT2D eigenvalue weighted by Crippen LogP contribution is 2.35. The van der Waals surface area contributed by atoms with E-state index in [2.05, 4.69) is 9.97 Å². The summed E-state index contributed by atoms with van der Waals surface area (Å²) in [6.45, 7) is 0.00184. The molecule has 1 aromatic carbocycles. The first-order valence-electron chi connectivity index (χ1n) is 4.94. The zero-order chi connectivity index (χ0) is 13.3. The first-order chi connectivity index (χ1) is 8.43. The molecule has 1 aromatic heterocycles. The molecule has 2 aromatic rings. The monoisotopic (exact) mass is 276 g/mol. The largest absolute Gasteiger partial charge is 0.418 e. The van der Waals surface area contributed by atoms with Crippen molar-refractivity contribution in [3.63, 3.8) is 0 Å². The lowest BCUT2D eigenvalue weighted by molar-refractivity contribution is -0.136. The Labute approximate surface area is 106 Å².